The highest BCUT2D eigenvalue weighted by Gasteiger charge is 2.20. The van der Waals surface area contributed by atoms with E-state index in [1.165, 1.54) is 12.1 Å². The van der Waals surface area contributed by atoms with Crippen molar-refractivity contribution in [3.8, 4) is 11.4 Å². The van der Waals surface area contributed by atoms with Crippen molar-refractivity contribution in [3.63, 3.8) is 0 Å². The molecule has 0 atom stereocenters. The van der Waals surface area contributed by atoms with Crippen molar-refractivity contribution < 1.29 is 14.1 Å². The van der Waals surface area contributed by atoms with Crippen LogP contribution in [0.1, 0.15) is 21.8 Å². The Bertz CT molecular complexity index is 913. The van der Waals surface area contributed by atoms with Gasteiger partial charge in [0.15, 0.2) is 0 Å². The highest BCUT2D eigenvalue weighted by atomic mass is 35.5. The number of carbonyl (C=O) groups is 1. The van der Waals surface area contributed by atoms with Gasteiger partial charge in [0, 0.05) is 0 Å². The van der Waals surface area contributed by atoms with Crippen LogP contribution < -0.4 is 5.73 Å². The highest BCUT2D eigenvalue weighted by Crippen LogP contribution is 2.35. The van der Waals surface area contributed by atoms with E-state index in [0.717, 1.165) is 5.56 Å². The number of hydrogen-bond donors (Lipinski definition) is 1. The van der Waals surface area contributed by atoms with Crippen LogP contribution >= 0.6 is 23.2 Å². The Hall–Kier alpha value is -2.41. The first-order valence-corrected chi connectivity index (χ1v) is 8.38. The standard InChI is InChI=1S/C18H14Cl2N3O3/c19-13-7-6-12(17(21)24)16(20)15(13)18-22-14(26-23-18)8-9-25-10-11-4-2-1-3-5-11/h1-8H,9-10H2,(H2,21,24). The van der Waals surface area contributed by atoms with E-state index in [0.29, 0.717) is 18.8 Å². The zero-order valence-electron chi connectivity index (χ0n) is 13.5. The average Bonchev–Trinajstić information content (AvgIpc) is 3.08. The molecular weight excluding hydrogens is 377 g/mol. The molecule has 26 heavy (non-hydrogen) atoms. The Morgan fingerprint density at radius 2 is 1.96 bits per heavy atom. The van der Waals surface area contributed by atoms with Crippen molar-refractivity contribution in [2.24, 2.45) is 5.73 Å². The molecule has 1 aromatic heterocycles. The molecule has 2 aromatic carbocycles. The lowest BCUT2D eigenvalue weighted by Crippen LogP contribution is -2.12. The fraction of sp³-hybridized carbons (Fsp3) is 0.111. The minimum Gasteiger partial charge on any atom is -0.376 e. The smallest absolute Gasteiger partial charge is 0.250 e. The third kappa shape index (κ3) is 4.22. The number of ether oxygens (including phenoxy) is 1. The van der Waals surface area contributed by atoms with E-state index < -0.39 is 5.91 Å². The van der Waals surface area contributed by atoms with Gasteiger partial charge in [-0.2, -0.15) is 4.98 Å². The van der Waals surface area contributed by atoms with Crippen molar-refractivity contribution >= 4 is 29.1 Å². The van der Waals surface area contributed by atoms with E-state index in [-0.39, 0.29) is 27.3 Å². The monoisotopic (exact) mass is 390 g/mol. The van der Waals surface area contributed by atoms with Gasteiger partial charge < -0.3 is 15.0 Å². The van der Waals surface area contributed by atoms with Gasteiger partial charge in [-0.05, 0) is 17.7 Å². The van der Waals surface area contributed by atoms with Crippen molar-refractivity contribution in [3.05, 3.63) is 75.9 Å². The quantitative estimate of drug-likeness (QED) is 0.617. The molecule has 8 heteroatoms. The van der Waals surface area contributed by atoms with Gasteiger partial charge in [0.2, 0.25) is 17.6 Å². The number of carbonyl (C=O) groups excluding carboxylic acids is 1. The third-order valence-electron chi connectivity index (χ3n) is 3.51. The van der Waals surface area contributed by atoms with Crippen molar-refractivity contribution in [1.29, 1.82) is 0 Å². The molecule has 1 radical (unpaired) electrons. The lowest BCUT2D eigenvalue weighted by molar-refractivity contribution is 0.100. The Kier molecular flexibility index (Phi) is 5.88. The van der Waals surface area contributed by atoms with Gasteiger partial charge in [0.05, 0.1) is 40.8 Å². The number of aromatic nitrogens is 2. The summed E-state index contributed by atoms with van der Waals surface area (Å²) in [4.78, 5) is 15.6. The van der Waals surface area contributed by atoms with Crippen LogP contribution in [0.2, 0.25) is 10.0 Å². The van der Waals surface area contributed by atoms with Crippen LogP contribution in [0.5, 0.6) is 0 Å². The van der Waals surface area contributed by atoms with Crippen LogP contribution in [-0.4, -0.2) is 22.7 Å². The second kappa shape index (κ2) is 8.31. The lowest BCUT2D eigenvalue weighted by atomic mass is 10.1. The zero-order valence-corrected chi connectivity index (χ0v) is 15.0. The molecule has 0 aliphatic rings. The van der Waals surface area contributed by atoms with E-state index in [1.54, 1.807) is 6.42 Å². The molecule has 0 fully saturated rings. The zero-order chi connectivity index (χ0) is 18.5. The van der Waals surface area contributed by atoms with Crippen LogP contribution in [0.3, 0.4) is 0 Å². The Morgan fingerprint density at radius 1 is 1.19 bits per heavy atom. The number of benzene rings is 2. The maximum Gasteiger partial charge on any atom is 0.250 e. The first-order valence-electron chi connectivity index (χ1n) is 7.63. The van der Waals surface area contributed by atoms with Gasteiger partial charge in [0.1, 0.15) is 0 Å². The molecule has 1 amide bonds. The molecule has 0 bridgehead atoms. The molecule has 6 nitrogen and oxygen atoms in total. The molecule has 3 rings (SSSR count). The van der Waals surface area contributed by atoms with Gasteiger partial charge in [-0.15, -0.1) is 0 Å². The SMILES string of the molecule is NC(=O)c1ccc(Cl)c(-c2noc([CH]COCc3ccccc3)n2)c1Cl. The maximum absolute atomic E-state index is 11.4. The maximum atomic E-state index is 11.4. The molecule has 2 N–H and O–H groups in total. The van der Waals surface area contributed by atoms with Gasteiger partial charge in [-0.25, -0.2) is 0 Å². The van der Waals surface area contributed by atoms with Crippen LogP contribution in [0.25, 0.3) is 11.4 Å². The number of halogens is 2. The minimum absolute atomic E-state index is 0.0812. The van der Waals surface area contributed by atoms with Crippen LogP contribution in [-0.2, 0) is 11.3 Å². The molecule has 0 spiro atoms. The number of hydrogen-bond acceptors (Lipinski definition) is 5. The van der Waals surface area contributed by atoms with E-state index in [2.05, 4.69) is 10.1 Å². The normalized spacial score (nSPS) is 10.8. The topological polar surface area (TPSA) is 91.2 Å². The fourth-order valence-electron chi connectivity index (χ4n) is 2.25. The summed E-state index contributed by atoms with van der Waals surface area (Å²) in [7, 11) is 0. The summed E-state index contributed by atoms with van der Waals surface area (Å²) in [6, 6.07) is 12.7. The van der Waals surface area contributed by atoms with Crippen molar-refractivity contribution in [2.75, 3.05) is 6.61 Å². The summed E-state index contributed by atoms with van der Waals surface area (Å²) >= 11 is 12.4. The van der Waals surface area contributed by atoms with E-state index in [4.69, 9.17) is 38.2 Å². The van der Waals surface area contributed by atoms with E-state index >= 15 is 0 Å². The summed E-state index contributed by atoms with van der Waals surface area (Å²) < 4.78 is 10.7. The van der Waals surface area contributed by atoms with Gasteiger partial charge in [0.25, 0.3) is 0 Å². The van der Waals surface area contributed by atoms with E-state index in [9.17, 15) is 4.79 Å². The molecular formula is C18H14Cl2N3O3. The third-order valence-corrected chi connectivity index (χ3v) is 4.22. The second-order valence-electron chi connectivity index (χ2n) is 5.31. The summed E-state index contributed by atoms with van der Waals surface area (Å²) in [5.41, 5.74) is 6.78. The fourth-order valence-corrected chi connectivity index (χ4v) is 2.88. The molecule has 0 aliphatic heterocycles. The van der Waals surface area contributed by atoms with Crippen LogP contribution in [0, 0.1) is 6.42 Å². The van der Waals surface area contributed by atoms with Crippen molar-refractivity contribution in [1.82, 2.24) is 10.1 Å². The van der Waals surface area contributed by atoms with Gasteiger partial charge in [-0.1, -0.05) is 58.7 Å². The number of primary amides is 1. The van der Waals surface area contributed by atoms with Gasteiger partial charge in [-0.3, -0.25) is 4.79 Å². The minimum atomic E-state index is -0.669. The Morgan fingerprint density at radius 3 is 2.69 bits per heavy atom. The Labute approximate surface area is 159 Å². The van der Waals surface area contributed by atoms with Crippen LogP contribution in [0.15, 0.2) is 47.0 Å². The first-order chi connectivity index (χ1) is 12.6. The number of rotatable bonds is 7. The highest BCUT2D eigenvalue weighted by molar-refractivity contribution is 6.40. The van der Waals surface area contributed by atoms with E-state index in [1.807, 2.05) is 30.3 Å². The lowest BCUT2D eigenvalue weighted by Gasteiger charge is -2.06. The molecule has 133 valence electrons. The predicted octanol–water partition coefficient (Wildman–Crippen LogP) is 3.91. The van der Waals surface area contributed by atoms with Gasteiger partial charge >= 0.3 is 0 Å². The molecule has 0 saturated heterocycles. The average molecular weight is 391 g/mol. The molecule has 0 unspecified atom stereocenters. The number of nitrogens with zero attached hydrogens (tertiary/aromatic N) is 2. The first kappa shape index (κ1) is 18.4. The largest absolute Gasteiger partial charge is 0.376 e. The Balaban J connectivity index is 1.67. The van der Waals surface area contributed by atoms with Crippen LogP contribution in [0.4, 0.5) is 0 Å². The summed E-state index contributed by atoms with van der Waals surface area (Å²) in [5, 5.41) is 4.22. The summed E-state index contributed by atoms with van der Waals surface area (Å²) in [6.45, 7) is 0.760. The number of nitrogens with two attached hydrogens (primary N) is 1. The molecule has 1 heterocycles. The predicted molar refractivity (Wildman–Crippen MR) is 97.8 cm³/mol. The molecule has 3 aromatic rings. The molecule has 0 aliphatic carbocycles. The van der Waals surface area contributed by atoms with Crippen molar-refractivity contribution in [2.45, 2.75) is 6.61 Å². The number of amides is 1. The molecule has 0 saturated carbocycles. The summed E-state index contributed by atoms with van der Waals surface area (Å²) in [5.74, 6) is -0.250. The summed E-state index contributed by atoms with van der Waals surface area (Å²) in [6.07, 6.45) is 1.64. The second-order valence-corrected chi connectivity index (χ2v) is 6.09.